The quantitative estimate of drug-likeness (QED) is 0.815. The minimum absolute atomic E-state index is 0.213. The Morgan fingerprint density at radius 1 is 1.22 bits per heavy atom. The van der Waals surface area contributed by atoms with Crippen molar-refractivity contribution in [3.05, 3.63) is 0 Å². The van der Waals surface area contributed by atoms with Crippen LogP contribution < -0.4 is 5.32 Å². The average Bonchev–Trinajstić information content (AvgIpc) is 3.00. The molecule has 1 unspecified atom stereocenters. The van der Waals surface area contributed by atoms with Crippen LogP contribution in [-0.2, 0) is 4.79 Å². The summed E-state index contributed by atoms with van der Waals surface area (Å²) in [5, 5.41) is 3.25. The van der Waals surface area contributed by atoms with Crippen LogP contribution in [0.1, 0.15) is 58.8 Å². The molecule has 1 N–H and O–H groups in total. The van der Waals surface area contributed by atoms with E-state index in [0.717, 1.165) is 31.8 Å². The Morgan fingerprint density at radius 2 is 1.89 bits per heavy atom. The molecule has 0 radical (unpaired) electrons. The monoisotopic (exact) mass is 252 g/mol. The minimum Gasteiger partial charge on any atom is -0.352 e. The van der Waals surface area contributed by atoms with Crippen LogP contribution in [0.15, 0.2) is 0 Å². The Hall–Kier alpha value is -0.570. The van der Waals surface area contributed by atoms with E-state index in [1.54, 1.807) is 0 Å². The molecule has 1 amide bonds. The van der Waals surface area contributed by atoms with Gasteiger partial charge < -0.3 is 5.32 Å². The van der Waals surface area contributed by atoms with E-state index >= 15 is 0 Å². The van der Waals surface area contributed by atoms with E-state index in [0.29, 0.717) is 6.04 Å². The number of hydrogen-bond acceptors (Lipinski definition) is 2. The SMILES string of the molecule is CCC(CC)C(=O)NC1CCN(C2CCCC2)C1. The molecule has 1 saturated heterocycles. The predicted molar refractivity (Wildman–Crippen MR) is 74.4 cm³/mol. The van der Waals surface area contributed by atoms with E-state index in [4.69, 9.17) is 0 Å². The summed E-state index contributed by atoms with van der Waals surface area (Å²) < 4.78 is 0. The maximum atomic E-state index is 12.1. The third-order valence-electron chi connectivity index (χ3n) is 4.76. The summed E-state index contributed by atoms with van der Waals surface area (Å²) in [6.07, 6.45) is 8.59. The van der Waals surface area contributed by atoms with Gasteiger partial charge in [0.2, 0.25) is 5.91 Å². The van der Waals surface area contributed by atoms with Gasteiger partial charge in [0.15, 0.2) is 0 Å². The van der Waals surface area contributed by atoms with E-state index in [2.05, 4.69) is 24.1 Å². The van der Waals surface area contributed by atoms with Crippen LogP contribution in [-0.4, -0.2) is 36.0 Å². The fourth-order valence-corrected chi connectivity index (χ4v) is 3.48. The molecule has 104 valence electrons. The molecule has 2 aliphatic rings. The Balaban J connectivity index is 1.76. The molecule has 1 aliphatic carbocycles. The Labute approximate surface area is 111 Å². The fraction of sp³-hybridized carbons (Fsp3) is 0.933. The van der Waals surface area contributed by atoms with E-state index < -0.39 is 0 Å². The lowest BCUT2D eigenvalue weighted by Gasteiger charge is -2.24. The van der Waals surface area contributed by atoms with E-state index in [9.17, 15) is 4.79 Å². The Kier molecular flexibility index (Phi) is 5.04. The number of likely N-dealkylation sites (tertiary alicyclic amines) is 1. The molecule has 1 heterocycles. The zero-order valence-electron chi connectivity index (χ0n) is 12.0. The molecule has 3 nitrogen and oxygen atoms in total. The largest absolute Gasteiger partial charge is 0.352 e. The van der Waals surface area contributed by atoms with Crippen LogP contribution in [0.5, 0.6) is 0 Å². The highest BCUT2D eigenvalue weighted by Gasteiger charge is 2.31. The molecule has 0 bridgehead atoms. The molecule has 0 aromatic carbocycles. The zero-order chi connectivity index (χ0) is 13.0. The summed E-state index contributed by atoms with van der Waals surface area (Å²) in [4.78, 5) is 14.7. The molecule has 2 rings (SSSR count). The first-order valence-corrected chi connectivity index (χ1v) is 7.79. The molecule has 0 aromatic heterocycles. The second kappa shape index (κ2) is 6.55. The van der Waals surface area contributed by atoms with Crippen molar-refractivity contribution in [2.75, 3.05) is 13.1 Å². The lowest BCUT2D eigenvalue weighted by atomic mass is 10.0. The molecule has 0 spiro atoms. The third-order valence-corrected chi connectivity index (χ3v) is 4.76. The molecular formula is C15H28N2O. The number of amides is 1. The number of carbonyl (C=O) groups is 1. The van der Waals surface area contributed by atoms with Crippen LogP contribution in [0.2, 0.25) is 0 Å². The van der Waals surface area contributed by atoms with Gasteiger partial charge in [-0.3, -0.25) is 9.69 Å². The predicted octanol–water partition coefficient (Wildman–Crippen LogP) is 2.56. The topological polar surface area (TPSA) is 32.3 Å². The molecule has 1 saturated carbocycles. The first-order valence-electron chi connectivity index (χ1n) is 7.79. The highest BCUT2D eigenvalue weighted by Crippen LogP contribution is 2.26. The fourth-order valence-electron chi connectivity index (χ4n) is 3.48. The van der Waals surface area contributed by atoms with E-state index in [-0.39, 0.29) is 11.8 Å². The highest BCUT2D eigenvalue weighted by atomic mass is 16.1. The minimum atomic E-state index is 0.213. The molecule has 3 heteroatoms. The second-order valence-electron chi connectivity index (χ2n) is 5.94. The summed E-state index contributed by atoms with van der Waals surface area (Å²) in [7, 11) is 0. The molecular weight excluding hydrogens is 224 g/mol. The molecule has 0 aromatic rings. The van der Waals surface area contributed by atoms with Gasteiger partial charge in [0.1, 0.15) is 0 Å². The van der Waals surface area contributed by atoms with Crippen LogP contribution in [0.4, 0.5) is 0 Å². The van der Waals surface area contributed by atoms with Crippen molar-refractivity contribution < 1.29 is 4.79 Å². The van der Waals surface area contributed by atoms with Crippen molar-refractivity contribution in [2.24, 2.45) is 5.92 Å². The van der Waals surface area contributed by atoms with Gasteiger partial charge in [0.05, 0.1) is 0 Å². The summed E-state index contributed by atoms with van der Waals surface area (Å²) in [6, 6.07) is 1.21. The van der Waals surface area contributed by atoms with Crippen molar-refractivity contribution in [3.8, 4) is 0 Å². The van der Waals surface area contributed by atoms with Crippen LogP contribution in [0, 0.1) is 5.92 Å². The van der Waals surface area contributed by atoms with Gasteiger partial charge in [-0.2, -0.15) is 0 Å². The number of carbonyl (C=O) groups excluding carboxylic acids is 1. The maximum Gasteiger partial charge on any atom is 0.223 e. The number of nitrogens with zero attached hydrogens (tertiary/aromatic N) is 1. The van der Waals surface area contributed by atoms with Gasteiger partial charge in [-0.25, -0.2) is 0 Å². The van der Waals surface area contributed by atoms with Crippen molar-refractivity contribution in [2.45, 2.75) is 70.9 Å². The van der Waals surface area contributed by atoms with E-state index in [1.165, 1.54) is 32.2 Å². The Morgan fingerprint density at radius 3 is 2.50 bits per heavy atom. The van der Waals surface area contributed by atoms with Gasteiger partial charge in [-0.05, 0) is 32.1 Å². The number of nitrogens with one attached hydrogen (secondary N) is 1. The number of rotatable bonds is 5. The van der Waals surface area contributed by atoms with Gasteiger partial charge in [-0.1, -0.05) is 26.7 Å². The first-order chi connectivity index (χ1) is 8.74. The number of hydrogen-bond donors (Lipinski definition) is 1. The van der Waals surface area contributed by atoms with Crippen LogP contribution in [0.3, 0.4) is 0 Å². The van der Waals surface area contributed by atoms with Gasteiger partial charge >= 0.3 is 0 Å². The second-order valence-corrected chi connectivity index (χ2v) is 5.94. The van der Waals surface area contributed by atoms with Crippen LogP contribution in [0.25, 0.3) is 0 Å². The summed E-state index contributed by atoms with van der Waals surface area (Å²) >= 11 is 0. The van der Waals surface area contributed by atoms with Crippen LogP contribution >= 0.6 is 0 Å². The zero-order valence-corrected chi connectivity index (χ0v) is 12.0. The van der Waals surface area contributed by atoms with Gasteiger partial charge in [-0.15, -0.1) is 0 Å². The molecule has 1 aliphatic heterocycles. The van der Waals surface area contributed by atoms with Gasteiger partial charge in [0, 0.05) is 31.1 Å². The summed E-state index contributed by atoms with van der Waals surface area (Å²) in [6.45, 7) is 6.47. The van der Waals surface area contributed by atoms with Crippen molar-refractivity contribution >= 4 is 5.91 Å². The first kappa shape index (κ1) is 13.9. The third kappa shape index (κ3) is 3.25. The van der Waals surface area contributed by atoms with Gasteiger partial charge in [0.25, 0.3) is 0 Å². The smallest absolute Gasteiger partial charge is 0.223 e. The van der Waals surface area contributed by atoms with Crippen molar-refractivity contribution in [1.29, 1.82) is 0 Å². The molecule has 2 fully saturated rings. The molecule has 1 atom stereocenters. The highest BCUT2D eigenvalue weighted by molar-refractivity contribution is 5.78. The summed E-state index contributed by atoms with van der Waals surface area (Å²) in [5.41, 5.74) is 0. The normalized spacial score (nSPS) is 26.1. The van der Waals surface area contributed by atoms with Crippen molar-refractivity contribution in [3.63, 3.8) is 0 Å². The van der Waals surface area contributed by atoms with E-state index in [1.807, 2.05) is 0 Å². The maximum absolute atomic E-state index is 12.1. The Bertz CT molecular complexity index is 270. The lowest BCUT2D eigenvalue weighted by molar-refractivity contribution is -0.125. The summed E-state index contributed by atoms with van der Waals surface area (Å²) in [5.74, 6) is 0.490. The van der Waals surface area contributed by atoms with Crippen molar-refractivity contribution in [1.82, 2.24) is 10.2 Å². The molecule has 18 heavy (non-hydrogen) atoms. The average molecular weight is 252 g/mol. The standard InChI is InChI=1S/C15H28N2O/c1-3-12(4-2)15(18)16-13-9-10-17(11-13)14-7-5-6-8-14/h12-14H,3-11H2,1-2H3,(H,16,18). The lowest BCUT2D eigenvalue weighted by Crippen LogP contribution is -2.41.